The summed E-state index contributed by atoms with van der Waals surface area (Å²) in [7, 11) is 0. The van der Waals surface area contributed by atoms with Gasteiger partial charge in [0.25, 0.3) is 0 Å². The van der Waals surface area contributed by atoms with Crippen molar-refractivity contribution in [2.75, 3.05) is 13.1 Å². The summed E-state index contributed by atoms with van der Waals surface area (Å²) in [6, 6.07) is -2.14. The van der Waals surface area contributed by atoms with E-state index in [1.807, 2.05) is 0 Å². The van der Waals surface area contributed by atoms with Crippen LogP contribution in [0.4, 0.5) is 0 Å². The Kier molecular flexibility index (Phi) is 7.27. The molecular weight excluding hydrogens is 292 g/mol. The first-order chi connectivity index (χ1) is 9.56. The van der Waals surface area contributed by atoms with Crippen LogP contribution in [0.25, 0.3) is 0 Å². The largest absolute Gasteiger partial charge is 0.480 e. The lowest BCUT2D eigenvalue weighted by molar-refractivity contribution is -0.166. The molecule has 0 aromatic rings. The van der Waals surface area contributed by atoms with Crippen molar-refractivity contribution in [3.8, 4) is 0 Å². The van der Waals surface area contributed by atoms with E-state index >= 15 is 0 Å². The number of carbonyl (C=O) groups excluding carboxylic acids is 1. The Bertz CT molecular complexity index is 423. The molecule has 0 heterocycles. The van der Waals surface area contributed by atoms with Crippen molar-refractivity contribution in [2.45, 2.75) is 25.3 Å². The molecule has 120 valence electrons. The average molecular weight is 308 g/mol. The van der Waals surface area contributed by atoms with Crippen LogP contribution in [0, 0.1) is 0 Å². The molecule has 0 spiro atoms. The molecular formula is C10H16N2O9. The van der Waals surface area contributed by atoms with Gasteiger partial charge < -0.3 is 25.2 Å². The summed E-state index contributed by atoms with van der Waals surface area (Å²) in [6.07, 6.45) is -3.44. The fourth-order valence-corrected chi connectivity index (χ4v) is 1.46. The van der Waals surface area contributed by atoms with Crippen molar-refractivity contribution in [1.82, 2.24) is 4.90 Å². The first kappa shape index (κ1) is 18.8. The molecule has 0 saturated heterocycles. The topological polar surface area (TPSA) is 188 Å². The van der Waals surface area contributed by atoms with Crippen LogP contribution in [0.15, 0.2) is 0 Å². The van der Waals surface area contributed by atoms with Gasteiger partial charge >= 0.3 is 23.9 Å². The Labute approximate surface area is 118 Å². The minimum Gasteiger partial charge on any atom is -0.480 e. The number of nitrogens with two attached hydrogens (primary N) is 1. The summed E-state index contributed by atoms with van der Waals surface area (Å²) in [5, 5.41) is 35.6. The smallest absolute Gasteiger partial charge is 0.334 e. The van der Waals surface area contributed by atoms with Gasteiger partial charge in [0.05, 0.1) is 13.1 Å². The quantitative estimate of drug-likeness (QED) is 0.217. The van der Waals surface area contributed by atoms with Crippen LogP contribution in [-0.2, 0) is 23.9 Å². The molecule has 0 amide bonds. The number of rotatable bonds is 9. The standard InChI is InChI=1S/C10H16N2O9/c1-4(11)21-6(15)3-12(2-5(13)14)7(9(17)18)8(16)10(19)20/h4,7-8,16H,2-3,11H2,1H3,(H,13,14)(H,17,18)(H,19,20). The highest BCUT2D eigenvalue weighted by Gasteiger charge is 2.39. The van der Waals surface area contributed by atoms with Crippen molar-refractivity contribution < 1.29 is 44.3 Å². The van der Waals surface area contributed by atoms with Crippen molar-refractivity contribution in [2.24, 2.45) is 5.73 Å². The third-order valence-electron chi connectivity index (χ3n) is 2.19. The van der Waals surface area contributed by atoms with Crippen LogP contribution in [0.2, 0.25) is 0 Å². The van der Waals surface area contributed by atoms with Crippen LogP contribution >= 0.6 is 0 Å². The van der Waals surface area contributed by atoms with Crippen LogP contribution in [0.5, 0.6) is 0 Å². The SMILES string of the molecule is CC(N)OC(=O)CN(CC(=O)O)C(C(=O)O)C(O)C(=O)O. The molecule has 0 rings (SSSR count). The summed E-state index contributed by atoms with van der Waals surface area (Å²) in [5.41, 5.74) is 5.18. The zero-order valence-corrected chi connectivity index (χ0v) is 11.0. The fourth-order valence-electron chi connectivity index (χ4n) is 1.46. The van der Waals surface area contributed by atoms with E-state index in [4.69, 9.17) is 21.1 Å². The minimum absolute atomic E-state index is 0.453. The molecule has 0 saturated carbocycles. The number of hydrogen-bond acceptors (Lipinski definition) is 8. The molecule has 0 bridgehead atoms. The van der Waals surface area contributed by atoms with Gasteiger partial charge in [0, 0.05) is 0 Å². The van der Waals surface area contributed by atoms with Gasteiger partial charge in [-0.2, -0.15) is 0 Å². The summed E-state index contributed by atoms with van der Waals surface area (Å²) >= 11 is 0. The first-order valence-electron chi connectivity index (χ1n) is 5.60. The Morgan fingerprint density at radius 2 is 1.62 bits per heavy atom. The van der Waals surface area contributed by atoms with Gasteiger partial charge in [-0.3, -0.25) is 25.0 Å². The zero-order valence-electron chi connectivity index (χ0n) is 11.0. The molecule has 6 N–H and O–H groups in total. The Morgan fingerprint density at radius 3 is 1.95 bits per heavy atom. The molecule has 11 nitrogen and oxygen atoms in total. The van der Waals surface area contributed by atoms with Gasteiger partial charge in [-0.1, -0.05) is 0 Å². The lowest BCUT2D eigenvalue weighted by atomic mass is 10.1. The monoisotopic (exact) mass is 308 g/mol. The highest BCUT2D eigenvalue weighted by Crippen LogP contribution is 2.07. The average Bonchev–Trinajstić information content (AvgIpc) is 2.25. The van der Waals surface area contributed by atoms with Crippen molar-refractivity contribution in [3.05, 3.63) is 0 Å². The van der Waals surface area contributed by atoms with Gasteiger partial charge in [0.2, 0.25) is 0 Å². The lowest BCUT2D eigenvalue weighted by Crippen LogP contribution is -2.55. The van der Waals surface area contributed by atoms with Crippen molar-refractivity contribution in [1.29, 1.82) is 0 Å². The molecule has 0 aliphatic carbocycles. The van der Waals surface area contributed by atoms with Crippen molar-refractivity contribution >= 4 is 23.9 Å². The summed E-state index contributed by atoms with van der Waals surface area (Å²) in [6.45, 7) is -0.551. The van der Waals surface area contributed by atoms with E-state index in [1.165, 1.54) is 6.92 Å². The van der Waals surface area contributed by atoms with E-state index in [1.54, 1.807) is 0 Å². The maximum Gasteiger partial charge on any atom is 0.334 e. The van der Waals surface area contributed by atoms with Gasteiger partial charge in [-0.15, -0.1) is 0 Å². The number of esters is 1. The van der Waals surface area contributed by atoms with Gasteiger partial charge in [-0.25, -0.2) is 4.79 Å². The van der Waals surface area contributed by atoms with Crippen LogP contribution in [-0.4, -0.2) is 80.7 Å². The number of hydrogen-bond donors (Lipinski definition) is 5. The first-order valence-corrected chi connectivity index (χ1v) is 5.60. The van der Waals surface area contributed by atoms with E-state index in [-0.39, 0.29) is 0 Å². The number of nitrogens with zero attached hydrogens (tertiary/aromatic N) is 1. The van der Waals surface area contributed by atoms with E-state index in [2.05, 4.69) is 4.74 Å². The Balaban J connectivity index is 5.24. The summed E-state index contributed by atoms with van der Waals surface area (Å²) in [4.78, 5) is 44.3. The number of aliphatic carboxylic acids is 3. The molecule has 0 radical (unpaired) electrons. The van der Waals surface area contributed by atoms with Crippen LogP contribution in [0.3, 0.4) is 0 Å². The molecule has 0 fully saturated rings. The van der Waals surface area contributed by atoms with E-state index < -0.39 is 55.3 Å². The second-order valence-electron chi connectivity index (χ2n) is 4.06. The number of carboxylic acid groups (broad SMARTS) is 3. The van der Waals surface area contributed by atoms with Gasteiger partial charge in [0.15, 0.2) is 6.10 Å². The second kappa shape index (κ2) is 8.14. The molecule has 0 aliphatic heterocycles. The molecule has 11 heteroatoms. The highest BCUT2D eigenvalue weighted by molar-refractivity contribution is 5.85. The fraction of sp³-hybridized carbons (Fsp3) is 0.600. The van der Waals surface area contributed by atoms with Crippen molar-refractivity contribution in [3.63, 3.8) is 0 Å². The maximum absolute atomic E-state index is 11.4. The number of ether oxygens (including phenoxy) is 1. The Hall–Kier alpha value is -2.24. The van der Waals surface area contributed by atoms with Crippen LogP contribution < -0.4 is 5.73 Å². The number of carboxylic acids is 3. The predicted octanol–water partition coefficient (Wildman–Crippen LogP) is -2.88. The molecule has 0 aliphatic rings. The van der Waals surface area contributed by atoms with E-state index in [9.17, 15) is 24.3 Å². The Morgan fingerprint density at radius 1 is 1.10 bits per heavy atom. The molecule has 3 unspecified atom stereocenters. The highest BCUT2D eigenvalue weighted by atomic mass is 16.6. The second-order valence-corrected chi connectivity index (χ2v) is 4.06. The summed E-state index contributed by atoms with van der Waals surface area (Å²) in [5.74, 6) is -6.26. The third-order valence-corrected chi connectivity index (χ3v) is 2.19. The summed E-state index contributed by atoms with van der Waals surface area (Å²) < 4.78 is 4.51. The molecule has 3 atom stereocenters. The van der Waals surface area contributed by atoms with E-state index in [0.29, 0.717) is 4.90 Å². The van der Waals surface area contributed by atoms with E-state index in [0.717, 1.165) is 0 Å². The molecule has 0 aromatic carbocycles. The molecule has 21 heavy (non-hydrogen) atoms. The predicted molar refractivity (Wildman–Crippen MR) is 64.0 cm³/mol. The number of aliphatic hydroxyl groups is 1. The number of aliphatic hydroxyl groups excluding tert-OH is 1. The lowest BCUT2D eigenvalue weighted by Gasteiger charge is -2.28. The maximum atomic E-state index is 11.4. The number of carbonyl (C=O) groups is 4. The zero-order chi connectivity index (χ0) is 16.7. The third kappa shape index (κ3) is 6.65. The minimum atomic E-state index is -2.43. The normalized spacial score (nSPS) is 15.0. The van der Waals surface area contributed by atoms with Gasteiger partial charge in [0.1, 0.15) is 12.3 Å². The molecule has 0 aromatic heterocycles. The van der Waals surface area contributed by atoms with Crippen LogP contribution in [0.1, 0.15) is 6.92 Å². The van der Waals surface area contributed by atoms with Gasteiger partial charge in [-0.05, 0) is 6.92 Å².